The predicted octanol–water partition coefficient (Wildman–Crippen LogP) is 2.84. The Kier molecular flexibility index (Phi) is 5.38. The number of nitrogens with one attached hydrogen (secondary N) is 1. The van der Waals surface area contributed by atoms with E-state index in [2.05, 4.69) is 5.32 Å². The molecule has 0 saturated heterocycles. The minimum atomic E-state index is -3.76. The van der Waals surface area contributed by atoms with Crippen molar-refractivity contribution < 1.29 is 13.2 Å². The smallest absolute Gasteiger partial charge is 0.261 e. The molecule has 0 bridgehead atoms. The number of benzene rings is 1. The van der Waals surface area contributed by atoms with E-state index in [-0.39, 0.29) is 16.8 Å². The molecule has 4 nitrogen and oxygen atoms in total. The molecule has 19 heavy (non-hydrogen) atoms. The van der Waals surface area contributed by atoms with Gasteiger partial charge in [0.15, 0.2) is 0 Å². The number of rotatable bonds is 5. The van der Waals surface area contributed by atoms with Gasteiger partial charge in [-0.2, -0.15) is 0 Å². The monoisotopic (exact) mass is 303 g/mol. The van der Waals surface area contributed by atoms with Crippen molar-refractivity contribution in [3.8, 4) is 0 Å². The largest absolute Gasteiger partial charge is 0.349 e. The van der Waals surface area contributed by atoms with Gasteiger partial charge in [0.2, 0.25) is 0 Å². The Morgan fingerprint density at radius 1 is 1.32 bits per heavy atom. The second kappa shape index (κ2) is 6.39. The van der Waals surface area contributed by atoms with Gasteiger partial charge in [-0.15, -0.1) is 0 Å². The van der Waals surface area contributed by atoms with E-state index in [4.69, 9.17) is 10.7 Å². The quantitative estimate of drug-likeness (QED) is 0.851. The van der Waals surface area contributed by atoms with E-state index < -0.39 is 9.05 Å². The first-order valence-electron chi connectivity index (χ1n) is 6.15. The molecule has 106 valence electrons. The van der Waals surface area contributed by atoms with Crippen LogP contribution in [0.2, 0.25) is 0 Å². The second-order valence-electron chi connectivity index (χ2n) is 4.40. The van der Waals surface area contributed by atoms with Crippen molar-refractivity contribution in [1.82, 2.24) is 5.32 Å². The second-order valence-corrected chi connectivity index (χ2v) is 6.97. The minimum absolute atomic E-state index is 0.00532. The van der Waals surface area contributed by atoms with E-state index in [9.17, 15) is 13.2 Å². The summed E-state index contributed by atoms with van der Waals surface area (Å²) >= 11 is 0. The highest BCUT2D eigenvalue weighted by molar-refractivity contribution is 8.13. The van der Waals surface area contributed by atoms with Crippen LogP contribution in [0.1, 0.15) is 42.6 Å². The normalized spacial score (nSPS) is 11.6. The van der Waals surface area contributed by atoms with E-state index in [0.717, 1.165) is 12.8 Å². The third kappa shape index (κ3) is 4.21. The molecule has 0 aromatic heterocycles. The first-order chi connectivity index (χ1) is 8.79. The molecule has 0 aliphatic carbocycles. The van der Waals surface area contributed by atoms with Gasteiger partial charge in [0.05, 0.1) is 4.90 Å². The Morgan fingerprint density at radius 3 is 2.32 bits per heavy atom. The van der Waals surface area contributed by atoms with Crippen LogP contribution in [0, 0.1) is 6.92 Å². The lowest BCUT2D eigenvalue weighted by Crippen LogP contribution is -2.34. The molecule has 0 heterocycles. The summed E-state index contributed by atoms with van der Waals surface area (Å²) in [5.74, 6) is -0.190. The summed E-state index contributed by atoms with van der Waals surface area (Å²) in [6, 6.07) is 4.37. The fourth-order valence-corrected chi connectivity index (χ4v) is 2.63. The SMILES string of the molecule is CCC(CC)NC(=O)c1ccc(S(=O)(=O)Cl)cc1C. The summed E-state index contributed by atoms with van der Waals surface area (Å²) in [6.07, 6.45) is 1.71. The van der Waals surface area contributed by atoms with Gasteiger partial charge >= 0.3 is 0 Å². The van der Waals surface area contributed by atoms with Crippen LogP contribution in [0.4, 0.5) is 0 Å². The molecule has 1 N–H and O–H groups in total. The molecule has 0 fully saturated rings. The average molecular weight is 304 g/mol. The van der Waals surface area contributed by atoms with Crippen molar-refractivity contribution in [3.05, 3.63) is 29.3 Å². The molecular weight excluding hydrogens is 286 g/mol. The Hall–Kier alpha value is -1.07. The van der Waals surface area contributed by atoms with E-state index in [1.54, 1.807) is 6.92 Å². The highest BCUT2D eigenvalue weighted by Crippen LogP contribution is 2.19. The van der Waals surface area contributed by atoms with Crippen molar-refractivity contribution in [2.45, 2.75) is 44.6 Å². The number of aryl methyl sites for hydroxylation is 1. The van der Waals surface area contributed by atoms with Gasteiger partial charge in [0.1, 0.15) is 0 Å². The van der Waals surface area contributed by atoms with Crippen LogP contribution >= 0.6 is 10.7 Å². The van der Waals surface area contributed by atoms with Crippen LogP contribution in [-0.2, 0) is 9.05 Å². The number of carbonyl (C=O) groups excluding carboxylic acids is 1. The zero-order valence-corrected chi connectivity index (χ0v) is 12.8. The lowest BCUT2D eigenvalue weighted by atomic mass is 10.1. The Labute approximate surface area is 118 Å². The van der Waals surface area contributed by atoms with Crippen LogP contribution in [0.15, 0.2) is 23.1 Å². The molecule has 1 rings (SSSR count). The van der Waals surface area contributed by atoms with E-state index in [1.165, 1.54) is 18.2 Å². The Morgan fingerprint density at radius 2 is 1.89 bits per heavy atom. The Bertz CT molecular complexity index is 565. The molecule has 1 aromatic rings. The van der Waals surface area contributed by atoms with Gasteiger partial charge in [-0.25, -0.2) is 8.42 Å². The topological polar surface area (TPSA) is 63.2 Å². The summed E-state index contributed by atoms with van der Waals surface area (Å²) in [5.41, 5.74) is 1.06. The number of halogens is 1. The maximum Gasteiger partial charge on any atom is 0.261 e. The Balaban J connectivity index is 3.00. The molecule has 6 heteroatoms. The van der Waals surface area contributed by atoms with E-state index >= 15 is 0 Å². The van der Waals surface area contributed by atoms with Crippen LogP contribution < -0.4 is 5.32 Å². The van der Waals surface area contributed by atoms with Crippen molar-refractivity contribution in [2.24, 2.45) is 0 Å². The van der Waals surface area contributed by atoms with Gasteiger partial charge < -0.3 is 5.32 Å². The van der Waals surface area contributed by atoms with Crippen molar-refractivity contribution in [2.75, 3.05) is 0 Å². The first-order valence-corrected chi connectivity index (χ1v) is 8.46. The summed E-state index contributed by atoms with van der Waals surface area (Å²) in [4.78, 5) is 12.1. The van der Waals surface area contributed by atoms with E-state index in [0.29, 0.717) is 11.1 Å². The van der Waals surface area contributed by atoms with Crippen LogP contribution in [0.5, 0.6) is 0 Å². The van der Waals surface area contributed by atoms with Gasteiger partial charge in [-0.1, -0.05) is 13.8 Å². The standard InChI is InChI=1S/C13H18ClNO3S/c1-4-10(5-2)15-13(16)12-7-6-11(8-9(12)3)19(14,17)18/h6-8,10H,4-5H2,1-3H3,(H,15,16). The van der Waals surface area contributed by atoms with E-state index in [1.807, 2.05) is 13.8 Å². The van der Waals surface area contributed by atoms with Crippen LogP contribution in [0.3, 0.4) is 0 Å². The summed E-state index contributed by atoms with van der Waals surface area (Å²) in [5, 5.41) is 2.91. The van der Waals surface area contributed by atoms with Gasteiger partial charge in [0, 0.05) is 22.3 Å². The third-order valence-electron chi connectivity index (χ3n) is 3.04. The van der Waals surface area contributed by atoms with Gasteiger partial charge in [-0.05, 0) is 43.5 Å². The fraction of sp³-hybridized carbons (Fsp3) is 0.462. The number of hydrogen-bond donors (Lipinski definition) is 1. The molecule has 1 amide bonds. The highest BCUT2D eigenvalue weighted by atomic mass is 35.7. The summed E-state index contributed by atoms with van der Waals surface area (Å²) < 4.78 is 22.4. The zero-order chi connectivity index (χ0) is 14.6. The lowest BCUT2D eigenvalue weighted by molar-refractivity contribution is 0.0934. The molecule has 0 radical (unpaired) electrons. The third-order valence-corrected chi connectivity index (χ3v) is 4.40. The zero-order valence-electron chi connectivity index (χ0n) is 11.2. The lowest BCUT2D eigenvalue weighted by Gasteiger charge is -2.15. The number of carbonyl (C=O) groups is 1. The fourth-order valence-electron chi connectivity index (χ4n) is 1.80. The average Bonchev–Trinajstić information content (AvgIpc) is 2.34. The van der Waals surface area contributed by atoms with Crippen molar-refractivity contribution in [3.63, 3.8) is 0 Å². The van der Waals surface area contributed by atoms with Crippen molar-refractivity contribution in [1.29, 1.82) is 0 Å². The first kappa shape index (κ1) is 16.0. The molecule has 0 saturated carbocycles. The molecular formula is C13H18ClNO3S. The van der Waals surface area contributed by atoms with Crippen molar-refractivity contribution >= 4 is 25.6 Å². The molecule has 1 aromatic carbocycles. The summed E-state index contributed by atoms with van der Waals surface area (Å²) in [6.45, 7) is 5.70. The number of amides is 1. The molecule has 0 unspecified atom stereocenters. The predicted molar refractivity (Wildman–Crippen MR) is 76.1 cm³/mol. The maximum atomic E-state index is 12.1. The summed E-state index contributed by atoms with van der Waals surface area (Å²) in [7, 11) is 1.50. The van der Waals surface area contributed by atoms with Crippen LogP contribution in [0.25, 0.3) is 0 Å². The molecule has 0 spiro atoms. The highest BCUT2D eigenvalue weighted by Gasteiger charge is 2.16. The molecule has 0 aliphatic heterocycles. The van der Waals surface area contributed by atoms with Crippen LogP contribution in [-0.4, -0.2) is 20.4 Å². The molecule has 0 atom stereocenters. The molecule has 0 aliphatic rings. The van der Waals surface area contributed by atoms with Gasteiger partial charge in [0.25, 0.3) is 15.0 Å². The van der Waals surface area contributed by atoms with Gasteiger partial charge in [-0.3, -0.25) is 4.79 Å². The number of hydrogen-bond acceptors (Lipinski definition) is 3. The maximum absolute atomic E-state index is 12.1. The minimum Gasteiger partial charge on any atom is -0.349 e.